The first kappa shape index (κ1) is 16.8. The highest BCUT2D eigenvalue weighted by molar-refractivity contribution is 5.89. The van der Waals surface area contributed by atoms with Crippen LogP contribution >= 0.6 is 0 Å². The Bertz CT molecular complexity index is 817. The Morgan fingerprint density at radius 3 is 2.42 bits per heavy atom. The molecule has 0 bridgehead atoms. The van der Waals surface area contributed by atoms with Crippen LogP contribution in [0.4, 0.5) is 11.4 Å². The molecule has 1 atom stereocenters. The van der Waals surface area contributed by atoms with Crippen LogP contribution in [0.1, 0.15) is 54.5 Å². The van der Waals surface area contributed by atoms with Gasteiger partial charge in [-0.15, -0.1) is 0 Å². The highest BCUT2D eigenvalue weighted by Crippen LogP contribution is 2.43. The van der Waals surface area contributed by atoms with Gasteiger partial charge >= 0.3 is 0 Å². The molecule has 2 aromatic rings. The maximum absolute atomic E-state index is 4.81. The summed E-state index contributed by atoms with van der Waals surface area (Å²) in [6, 6.07) is 11.2. The lowest BCUT2D eigenvalue weighted by Gasteiger charge is -2.42. The van der Waals surface area contributed by atoms with Gasteiger partial charge in [0.1, 0.15) is 0 Å². The first-order chi connectivity index (χ1) is 11.2. The third kappa shape index (κ3) is 2.54. The Balaban J connectivity index is 2.16. The van der Waals surface area contributed by atoms with Crippen molar-refractivity contribution in [1.29, 1.82) is 0 Å². The molecule has 2 heteroatoms. The maximum Gasteiger partial charge on any atom is 0.0979 e. The van der Waals surface area contributed by atoms with Crippen molar-refractivity contribution >= 4 is 17.6 Å². The van der Waals surface area contributed by atoms with E-state index < -0.39 is 0 Å². The Labute approximate surface area is 146 Å². The summed E-state index contributed by atoms with van der Waals surface area (Å²) < 4.78 is 0. The van der Waals surface area contributed by atoms with Gasteiger partial charge < -0.3 is 4.90 Å². The van der Waals surface area contributed by atoms with Crippen molar-refractivity contribution in [3.63, 3.8) is 0 Å². The molecule has 0 aromatic heterocycles. The molecule has 1 unspecified atom stereocenters. The average Bonchev–Trinajstić information content (AvgIpc) is 2.54. The van der Waals surface area contributed by atoms with Crippen molar-refractivity contribution in [2.75, 3.05) is 11.9 Å². The normalized spacial score (nSPS) is 19.8. The van der Waals surface area contributed by atoms with E-state index in [1.165, 1.54) is 33.5 Å². The predicted octanol–water partition coefficient (Wildman–Crippen LogP) is 5.80. The number of hydrogen-bond donors (Lipinski definition) is 0. The number of aliphatic imine (C=N–C) groups is 1. The standard InChI is InChI=1S/C22H28N2/c1-14(2)18-8-9-20-21(12-18)24(7)22(6,13-23-20)19-11-15(3)10-16(4)17(19)5/h8-14H,1-7H3. The highest BCUT2D eigenvalue weighted by Gasteiger charge is 2.35. The van der Waals surface area contributed by atoms with Crippen molar-refractivity contribution in [3.05, 3.63) is 58.1 Å². The molecule has 1 heterocycles. The number of nitrogens with zero attached hydrogens (tertiary/aromatic N) is 2. The van der Waals surface area contributed by atoms with E-state index in [0.29, 0.717) is 5.92 Å². The van der Waals surface area contributed by atoms with Gasteiger partial charge in [0.05, 0.1) is 16.9 Å². The zero-order chi connectivity index (χ0) is 17.6. The van der Waals surface area contributed by atoms with Gasteiger partial charge in [0.2, 0.25) is 0 Å². The van der Waals surface area contributed by atoms with Crippen molar-refractivity contribution < 1.29 is 0 Å². The van der Waals surface area contributed by atoms with Gasteiger partial charge in [0.25, 0.3) is 0 Å². The lowest BCUT2D eigenvalue weighted by atomic mass is 9.83. The second-order valence-corrected chi connectivity index (χ2v) is 7.62. The van der Waals surface area contributed by atoms with E-state index in [-0.39, 0.29) is 5.54 Å². The molecule has 0 saturated carbocycles. The van der Waals surface area contributed by atoms with E-state index in [0.717, 1.165) is 5.69 Å². The number of rotatable bonds is 2. The molecule has 0 saturated heterocycles. The molecule has 2 nitrogen and oxygen atoms in total. The molecule has 0 N–H and O–H groups in total. The molecule has 3 rings (SSSR count). The number of hydrogen-bond acceptors (Lipinski definition) is 2. The molecule has 0 spiro atoms. The van der Waals surface area contributed by atoms with E-state index >= 15 is 0 Å². The SMILES string of the molecule is Cc1cc(C)c(C)c(C2(C)C=Nc3ccc(C(C)C)cc3N2C)c1. The van der Waals surface area contributed by atoms with Gasteiger partial charge in [-0.25, -0.2) is 0 Å². The van der Waals surface area contributed by atoms with Crippen molar-refractivity contribution in [2.45, 2.75) is 53.0 Å². The highest BCUT2D eigenvalue weighted by atomic mass is 15.2. The summed E-state index contributed by atoms with van der Waals surface area (Å²) in [7, 11) is 2.19. The first-order valence-corrected chi connectivity index (χ1v) is 8.75. The Hall–Kier alpha value is -2.09. The average molecular weight is 320 g/mol. The van der Waals surface area contributed by atoms with Crippen molar-refractivity contribution in [2.24, 2.45) is 4.99 Å². The molecule has 2 aromatic carbocycles. The van der Waals surface area contributed by atoms with Gasteiger partial charge in [-0.2, -0.15) is 0 Å². The zero-order valence-electron chi connectivity index (χ0n) is 15.9. The fraction of sp³-hybridized carbons (Fsp3) is 0.409. The van der Waals surface area contributed by atoms with Crippen LogP contribution in [-0.4, -0.2) is 13.3 Å². The monoisotopic (exact) mass is 320 g/mol. The summed E-state index contributed by atoms with van der Waals surface area (Å²) in [5, 5.41) is 0. The lowest BCUT2D eigenvalue weighted by Crippen LogP contribution is -2.45. The summed E-state index contributed by atoms with van der Waals surface area (Å²) in [5.41, 5.74) is 8.73. The summed E-state index contributed by atoms with van der Waals surface area (Å²) >= 11 is 0. The fourth-order valence-electron chi connectivity index (χ4n) is 3.63. The Morgan fingerprint density at radius 2 is 1.75 bits per heavy atom. The fourth-order valence-corrected chi connectivity index (χ4v) is 3.63. The van der Waals surface area contributed by atoms with E-state index in [9.17, 15) is 0 Å². The quantitative estimate of drug-likeness (QED) is 0.682. The number of fused-ring (bicyclic) bond motifs is 1. The molecule has 24 heavy (non-hydrogen) atoms. The minimum Gasteiger partial charge on any atom is -0.358 e. The van der Waals surface area contributed by atoms with Gasteiger partial charge in [-0.3, -0.25) is 4.99 Å². The topological polar surface area (TPSA) is 15.6 Å². The molecule has 126 valence electrons. The van der Waals surface area contributed by atoms with Crippen LogP contribution in [0.25, 0.3) is 0 Å². The summed E-state index contributed by atoms with van der Waals surface area (Å²) in [4.78, 5) is 7.18. The van der Waals surface area contributed by atoms with E-state index in [4.69, 9.17) is 4.99 Å². The summed E-state index contributed by atoms with van der Waals surface area (Å²) in [6.45, 7) is 13.3. The molecular weight excluding hydrogens is 292 g/mol. The zero-order valence-corrected chi connectivity index (χ0v) is 15.9. The van der Waals surface area contributed by atoms with Crippen molar-refractivity contribution in [1.82, 2.24) is 0 Å². The van der Waals surface area contributed by atoms with Gasteiger partial charge in [-0.05, 0) is 68.0 Å². The van der Waals surface area contributed by atoms with Crippen LogP contribution in [0.15, 0.2) is 35.3 Å². The molecular formula is C22H28N2. The third-order valence-electron chi connectivity index (χ3n) is 5.54. The second kappa shape index (κ2) is 5.77. The minimum absolute atomic E-state index is 0.233. The van der Waals surface area contributed by atoms with E-state index in [1.807, 2.05) is 0 Å². The first-order valence-electron chi connectivity index (χ1n) is 8.75. The molecule has 1 aliphatic heterocycles. The van der Waals surface area contributed by atoms with Crippen LogP contribution in [-0.2, 0) is 5.54 Å². The van der Waals surface area contributed by atoms with Crippen LogP contribution in [0.3, 0.4) is 0 Å². The number of anilines is 1. The number of benzene rings is 2. The van der Waals surface area contributed by atoms with Gasteiger partial charge in [0.15, 0.2) is 0 Å². The van der Waals surface area contributed by atoms with E-state index in [2.05, 4.69) is 90.0 Å². The lowest BCUT2D eigenvalue weighted by molar-refractivity contribution is 0.621. The van der Waals surface area contributed by atoms with Crippen LogP contribution in [0, 0.1) is 20.8 Å². The molecule has 0 aliphatic carbocycles. The van der Waals surface area contributed by atoms with Gasteiger partial charge in [0, 0.05) is 13.3 Å². The van der Waals surface area contributed by atoms with Crippen LogP contribution in [0.5, 0.6) is 0 Å². The molecule has 1 aliphatic rings. The predicted molar refractivity (Wildman–Crippen MR) is 105 cm³/mol. The second-order valence-electron chi connectivity index (χ2n) is 7.62. The molecule has 0 fully saturated rings. The van der Waals surface area contributed by atoms with Crippen molar-refractivity contribution in [3.8, 4) is 0 Å². The smallest absolute Gasteiger partial charge is 0.0979 e. The Kier molecular flexibility index (Phi) is 4.03. The Morgan fingerprint density at radius 1 is 1.04 bits per heavy atom. The molecule has 0 amide bonds. The van der Waals surface area contributed by atoms with E-state index in [1.54, 1.807) is 0 Å². The largest absolute Gasteiger partial charge is 0.358 e. The maximum atomic E-state index is 4.81. The molecule has 0 radical (unpaired) electrons. The summed E-state index contributed by atoms with van der Waals surface area (Å²) in [6.07, 6.45) is 2.10. The number of aryl methyl sites for hydroxylation is 2. The minimum atomic E-state index is -0.233. The van der Waals surface area contributed by atoms with Crippen LogP contribution < -0.4 is 4.90 Å². The van der Waals surface area contributed by atoms with Crippen LogP contribution in [0.2, 0.25) is 0 Å². The van der Waals surface area contributed by atoms with Gasteiger partial charge in [-0.1, -0.05) is 37.6 Å². The summed E-state index contributed by atoms with van der Waals surface area (Å²) in [5.74, 6) is 0.517. The third-order valence-corrected chi connectivity index (χ3v) is 5.54.